The van der Waals surface area contributed by atoms with Crippen LogP contribution in [0.1, 0.15) is 55.8 Å². The fourth-order valence-corrected chi connectivity index (χ4v) is 2.54. The third-order valence-electron chi connectivity index (χ3n) is 4.34. The minimum atomic E-state index is -5.00. The highest BCUT2D eigenvalue weighted by molar-refractivity contribution is 5.85. The highest BCUT2D eigenvalue weighted by atomic mass is 35.5. The van der Waals surface area contributed by atoms with E-state index in [1.807, 2.05) is 20.8 Å². The second-order valence-electron chi connectivity index (χ2n) is 7.47. The predicted octanol–water partition coefficient (Wildman–Crippen LogP) is 6.26. The number of alkyl halides is 6. The van der Waals surface area contributed by atoms with Crippen LogP contribution in [0, 0.1) is 23.2 Å². The third-order valence-corrected chi connectivity index (χ3v) is 4.34. The van der Waals surface area contributed by atoms with Gasteiger partial charge in [-0.25, -0.2) is 0 Å². The van der Waals surface area contributed by atoms with Crippen molar-refractivity contribution < 1.29 is 31.8 Å². The Hall–Kier alpha value is -1.39. The second-order valence-corrected chi connectivity index (χ2v) is 7.47. The standard InChI is InChI=1S/C20H23F6N.ClH/c1-18(2,3)15-6-9-27(10-7-15)8-4-5-14-11-16(19(21,22)23)13-17(12-14)20(24,25)26;/h11-13,15H,6-10H2,1-3H3;1H/i9D2,10D2;. The summed E-state index contributed by atoms with van der Waals surface area (Å²) in [5.74, 6) is 4.30. The van der Waals surface area contributed by atoms with E-state index in [9.17, 15) is 26.3 Å². The van der Waals surface area contributed by atoms with Crippen molar-refractivity contribution in [3.05, 3.63) is 34.9 Å². The topological polar surface area (TPSA) is 3.24 Å². The Morgan fingerprint density at radius 1 is 0.964 bits per heavy atom. The Kier molecular flexibility index (Phi) is 5.96. The summed E-state index contributed by atoms with van der Waals surface area (Å²) >= 11 is 0. The second kappa shape index (κ2) is 8.96. The lowest BCUT2D eigenvalue weighted by Gasteiger charge is -2.38. The summed E-state index contributed by atoms with van der Waals surface area (Å²) < 4.78 is 111. The molecule has 0 bridgehead atoms. The predicted molar refractivity (Wildman–Crippen MR) is 99.2 cm³/mol. The van der Waals surface area contributed by atoms with Gasteiger partial charge in [-0.2, -0.15) is 26.3 Å². The normalized spacial score (nSPS) is 22.6. The molecule has 2 rings (SSSR count). The Balaban J connectivity index is 0.00000512. The van der Waals surface area contributed by atoms with Gasteiger partial charge in [-0.15, -0.1) is 12.4 Å². The van der Waals surface area contributed by atoms with Gasteiger partial charge in [-0.05, 0) is 55.4 Å². The summed E-state index contributed by atoms with van der Waals surface area (Å²) in [5, 5.41) is 0. The van der Waals surface area contributed by atoms with Gasteiger partial charge in [0.05, 0.1) is 17.7 Å². The number of piperidine rings is 1. The van der Waals surface area contributed by atoms with Crippen LogP contribution in [-0.4, -0.2) is 24.4 Å². The van der Waals surface area contributed by atoms with Crippen LogP contribution in [0.5, 0.6) is 0 Å². The van der Waals surface area contributed by atoms with E-state index >= 15 is 0 Å². The van der Waals surface area contributed by atoms with Crippen molar-refractivity contribution in [3.8, 4) is 11.8 Å². The molecule has 1 heterocycles. The van der Waals surface area contributed by atoms with Gasteiger partial charge in [0.1, 0.15) is 0 Å². The fourth-order valence-electron chi connectivity index (χ4n) is 2.54. The van der Waals surface area contributed by atoms with Crippen LogP contribution >= 0.6 is 12.4 Å². The molecule has 28 heavy (non-hydrogen) atoms. The Morgan fingerprint density at radius 2 is 1.43 bits per heavy atom. The lowest BCUT2D eigenvalue weighted by molar-refractivity contribution is -0.143. The molecule has 0 atom stereocenters. The van der Waals surface area contributed by atoms with Crippen LogP contribution in [0.25, 0.3) is 0 Å². The van der Waals surface area contributed by atoms with E-state index in [0.717, 1.165) is 4.90 Å². The van der Waals surface area contributed by atoms with Crippen LogP contribution in [0.15, 0.2) is 18.2 Å². The fraction of sp³-hybridized carbons (Fsp3) is 0.600. The Labute approximate surface area is 173 Å². The van der Waals surface area contributed by atoms with Gasteiger partial charge < -0.3 is 0 Å². The van der Waals surface area contributed by atoms with Crippen LogP contribution in [0.4, 0.5) is 26.3 Å². The van der Waals surface area contributed by atoms with Crippen molar-refractivity contribution in [2.24, 2.45) is 11.3 Å². The number of rotatable bonds is 1. The lowest BCUT2D eigenvalue weighted by atomic mass is 9.75. The summed E-state index contributed by atoms with van der Waals surface area (Å²) in [6.07, 6.45) is -9.94. The number of hydrogen-bond acceptors (Lipinski definition) is 1. The molecule has 158 valence electrons. The van der Waals surface area contributed by atoms with Crippen LogP contribution in [-0.2, 0) is 12.4 Å². The molecule has 1 aromatic rings. The van der Waals surface area contributed by atoms with E-state index < -0.39 is 48.6 Å². The molecule has 0 radical (unpaired) electrons. The molecule has 0 unspecified atom stereocenters. The van der Waals surface area contributed by atoms with Gasteiger partial charge in [0.25, 0.3) is 0 Å². The molecular formula is C20H24ClF6N. The van der Waals surface area contributed by atoms with E-state index in [2.05, 4.69) is 11.8 Å². The molecule has 1 saturated heterocycles. The monoisotopic (exact) mass is 431 g/mol. The molecule has 8 heteroatoms. The summed E-state index contributed by atoms with van der Waals surface area (Å²) in [5.41, 5.74) is -3.87. The molecule has 1 aromatic carbocycles. The first-order valence-corrected chi connectivity index (χ1v) is 8.30. The summed E-state index contributed by atoms with van der Waals surface area (Å²) in [6, 6.07) is 0.967. The molecule has 0 saturated carbocycles. The first kappa shape index (κ1) is 18.6. The van der Waals surface area contributed by atoms with Crippen LogP contribution < -0.4 is 0 Å². The zero-order valence-electron chi connectivity index (χ0n) is 19.6. The number of likely N-dealkylation sites (tertiary alicyclic amines) is 1. The first-order chi connectivity index (χ1) is 13.7. The molecule has 0 N–H and O–H groups in total. The summed E-state index contributed by atoms with van der Waals surface area (Å²) in [6.45, 7) is 0.981. The van der Waals surface area contributed by atoms with Crippen molar-refractivity contribution in [2.75, 3.05) is 19.5 Å². The minimum Gasteiger partial charge on any atom is -0.292 e. The minimum absolute atomic E-state index is 0. The maximum Gasteiger partial charge on any atom is 0.416 e. The molecule has 0 amide bonds. The van der Waals surface area contributed by atoms with Gasteiger partial charge in [0.15, 0.2) is 0 Å². The van der Waals surface area contributed by atoms with Crippen molar-refractivity contribution in [3.63, 3.8) is 0 Å². The highest BCUT2D eigenvalue weighted by Crippen LogP contribution is 2.36. The van der Waals surface area contributed by atoms with Crippen LogP contribution in [0.2, 0.25) is 0 Å². The van der Waals surface area contributed by atoms with Gasteiger partial charge in [-0.3, -0.25) is 4.90 Å². The maximum atomic E-state index is 13.0. The number of nitrogens with zero attached hydrogens (tertiary/aromatic N) is 1. The average Bonchev–Trinajstić information content (AvgIpc) is 2.53. The van der Waals surface area contributed by atoms with Crippen molar-refractivity contribution in [2.45, 2.75) is 46.0 Å². The molecule has 0 aliphatic carbocycles. The lowest BCUT2D eigenvalue weighted by Crippen LogP contribution is -2.38. The zero-order valence-corrected chi connectivity index (χ0v) is 16.4. The van der Waals surface area contributed by atoms with E-state index in [1.165, 1.54) is 0 Å². The summed E-state index contributed by atoms with van der Waals surface area (Å²) in [7, 11) is 0. The largest absolute Gasteiger partial charge is 0.416 e. The van der Waals surface area contributed by atoms with E-state index in [0.29, 0.717) is 12.1 Å². The van der Waals surface area contributed by atoms with Gasteiger partial charge in [0, 0.05) is 11.0 Å². The molecular weight excluding hydrogens is 404 g/mol. The highest BCUT2D eigenvalue weighted by Gasteiger charge is 2.36. The van der Waals surface area contributed by atoms with E-state index in [4.69, 9.17) is 5.48 Å². The Morgan fingerprint density at radius 3 is 1.82 bits per heavy atom. The first-order valence-electron chi connectivity index (χ1n) is 10.3. The number of benzene rings is 1. The maximum absolute atomic E-state index is 13.0. The molecule has 1 aliphatic rings. The van der Waals surface area contributed by atoms with Gasteiger partial charge in [-0.1, -0.05) is 32.6 Å². The molecule has 1 aliphatic heterocycles. The SMILES string of the molecule is Cl.[2H]C1([2H])CC(C(C)(C)C)CC([2H])([2H])N1CC#Cc1cc(C(F)(F)F)cc(C(F)(F)F)c1. The van der Waals surface area contributed by atoms with Crippen LogP contribution in [0.3, 0.4) is 0 Å². The molecule has 0 aromatic heterocycles. The number of halogens is 7. The van der Waals surface area contributed by atoms with Gasteiger partial charge in [0.2, 0.25) is 0 Å². The average molecular weight is 432 g/mol. The van der Waals surface area contributed by atoms with Crippen molar-refractivity contribution in [1.29, 1.82) is 0 Å². The molecule has 0 spiro atoms. The van der Waals surface area contributed by atoms with E-state index in [-0.39, 0.29) is 42.6 Å². The number of hydrogen-bond donors (Lipinski definition) is 0. The van der Waals surface area contributed by atoms with Crippen molar-refractivity contribution >= 4 is 12.4 Å². The third kappa shape index (κ3) is 6.89. The van der Waals surface area contributed by atoms with Gasteiger partial charge >= 0.3 is 12.4 Å². The molecule has 1 fully saturated rings. The van der Waals surface area contributed by atoms with E-state index in [1.54, 1.807) is 0 Å². The Bertz CT molecular complexity index is 831. The zero-order chi connectivity index (χ0) is 24.0. The quantitative estimate of drug-likeness (QED) is 0.375. The molecule has 1 nitrogen and oxygen atoms in total. The summed E-state index contributed by atoms with van der Waals surface area (Å²) in [4.78, 5) is 0.869. The smallest absolute Gasteiger partial charge is 0.292 e. The van der Waals surface area contributed by atoms with Crippen molar-refractivity contribution in [1.82, 2.24) is 4.90 Å².